The number of carbonyl (C=O) groups excluding carboxylic acids is 2. The van der Waals surface area contributed by atoms with Gasteiger partial charge in [0.05, 0.1) is 13.0 Å². The molecule has 1 atom stereocenters. The first-order valence-electron chi connectivity index (χ1n) is 9.30. The van der Waals surface area contributed by atoms with E-state index in [4.69, 9.17) is 4.74 Å². The highest BCUT2D eigenvalue weighted by atomic mass is 31.1. The Hall–Kier alpha value is -2.19. The number of benzene rings is 2. The van der Waals surface area contributed by atoms with Crippen molar-refractivity contribution in [3.8, 4) is 0 Å². The molecule has 142 valence electrons. The van der Waals surface area contributed by atoms with Crippen LogP contribution in [0.3, 0.4) is 0 Å². The van der Waals surface area contributed by atoms with E-state index in [2.05, 4.69) is 12.2 Å². The molecule has 0 spiro atoms. The highest BCUT2D eigenvalue weighted by Crippen LogP contribution is 2.43. The molecule has 2 aromatic rings. The van der Waals surface area contributed by atoms with Crippen molar-refractivity contribution < 1.29 is 14.3 Å². The molecule has 1 amide bonds. The summed E-state index contributed by atoms with van der Waals surface area (Å²) in [4.78, 5) is 25.0. The van der Waals surface area contributed by atoms with Gasteiger partial charge in [0.1, 0.15) is 0 Å². The molecule has 0 saturated heterocycles. The van der Waals surface area contributed by atoms with Crippen LogP contribution in [0.15, 0.2) is 24.3 Å². The van der Waals surface area contributed by atoms with Crippen molar-refractivity contribution in [1.82, 2.24) is 0 Å². The van der Waals surface area contributed by atoms with E-state index in [1.54, 1.807) is 6.92 Å². The van der Waals surface area contributed by atoms with Crippen molar-refractivity contribution in [1.29, 1.82) is 0 Å². The molecule has 5 heteroatoms. The van der Waals surface area contributed by atoms with E-state index in [1.807, 2.05) is 38.1 Å². The molecule has 4 nitrogen and oxygen atoms in total. The molecule has 0 saturated carbocycles. The second-order valence-corrected chi connectivity index (χ2v) is 8.17. The number of hydrogen-bond donors (Lipinski definition) is 1. The Morgan fingerprint density at radius 3 is 2.30 bits per heavy atom. The van der Waals surface area contributed by atoms with E-state index in [-0.39, 0.29) is 18.3 Å². The fraction of sp³-hybridized carbons (Fsp3) is 0.364. The van der Waals surface area contributed by atoms with Crippen LogP contribution in [-0.2, 0) is 28.3 Å². The zero-order valence-corrected chi connectivity index (χ0v) is 17.4. The van der Waals surface area contributed by atoms with Crippen LogP contribution < -0.4 is 5.32 Å². The van der Waals surface area contributed by atoms with Crippen LogP contribution in [0, 0.1) is 20.8 Å². The quantitative estimate of drug-likeness (QED) is 0.603. The van der Waals surface area contributed by atoms with Crippen molar-refractivity contribution >= 4 is 26.1 Å². The van der Waals surface area contributed by atoms with E-state index < -0.39 is 0 Å². The molecule has 0 aliphatic carbocycles. The number of amides is 1. The van der Waals surface area contributed by atoms with Gasteiger partial charge in [-0.2, -0.15) is 0 Å². The molecule has 1 N–H and O–H groups in total. The Bertz CT molecular complexity index is 888. The molecule has 0 fully saturated rings. The van der Waals surface area contributed by atoms with Crippen molar-refractivity contribution in [3.63, 3.8) is 0 Å². The second kappa shape index (κ2) is 8.22. The lowest BCUT2D eigenvalue weighted by atomic mass is 9.90. The average Bonchev–Trinajstić information content (AvgIpc) is 3.13. The molecule has 1 unspecified atom stereocenters. The number of esters is 1. The summed E-state index contributed by atoms with van der Waals surface area (Å²) < 4.78 is 5.17. The maximum absolute atomic E-state index is 12.8. The van der Waals surface area contributed by atoms with Gasteiger partial charge in [0.15, 0.2) is 0 Å². The van der Waals surface area contributed by atoms with Gasteiger partial charge in [-0.15, -0.1) is 8.58 Å². The van der Waals surface area contributed by atoms with Gasteiger partial charge in [-0.1, -0.05) is 17.7 Å². The normalized spacial score (nSPS) is 13.5. The lowest BCUT2D eigenvalue weighted by molar-refractivity contribution is -0.142. The smallest absolute Gasteiger partial charge is 0.310 e. The second-order valence-electron chi connectivity index (χ2n) is 6.97. The summed E-state index contributed by atoms with van der Waals surface area (Å²) in [6.07, 6.45) is 2.29. The minimum atomic E-state index is -0.258. The predicted molar refractivity (Wildman–Crippen MR) is 111 cm³/mol. The van der Waals surface area contributed by atoms with Gasteiger partial charge in [0, 0.05) is 11.3 Å². The van der Waals surface area contributed by atoms with Gasteiger partial charge in [-0.3, -0.25) is 9.59 Å². The van der Waals surface area contributed by atoms with Crippen molar-refractivity contribution in [2.75, 3.05) is 11.9 Å². The van der Waals surface area contributed by atoms with Crippen LogP contribution in [0.4, 0.5) is 5.69 Å². The van der Waals surface area contributed by atoms with Crippen LogP contribution in [-0.4, -0.2) is 18.5 Å². The van der Waals surface area contributed by atoms with E-state index in [9.17, 15) is 9.59 Å². The fourth-order valence-electron chi connectivity index (χ4n) is 3.63. The number of aryl methyl sites for hydroxylation is 1. The summed E-state index contributed by atoms with van der Waals surface area (Å²) in [5.74, 6) is -0.408. The molecule has 1 aliphatic heterocycles. The van der Waals surface area contributed by atoms with Crippen LogP contribution in [0.5, 0.6) is 0 Å². The van der Waals surface area contributed by atoms with E-state index in [1.165, 1.54) is 11.1 Å². The van der Waals surface area contributed by atoms with Crippen LogP contribution in [0.2, 0.25) is 0 Å². The Balaban J connectivity index is 2.01. The zero-order valence-electron chi connectivity index (χ0n) is 16.4. The van der Waals surface area contributed by atoms with Crippen molar-refractivity contribution in [2.45, 2.75) is 46.4 Å². The van der Waals surface area contributed by atoms with Gasteiger partial charge in [-0.25, -0.2) is 0 Å². The topological polar surface area (TPSA) is 55.4 Å². The minimum absolute atomic E-state index is 0.150. The summed E-state index contributed by atoms with van der Waals surface area (Å²) in [5.41, 5.74) is 8.26. The molecule has 0 aromatic heterocycles. The number of ether oxygens (including phenoxy) is 1. The standard InChI is InChI=1S/C22H26NO3P/c1-5-26-20(24)10-17-14(3)18-11-27-12-19(18)15(4)21(17)23-22(25)16-8-6-13(2)7-9-16/h6-9,27H,5,10-12H2,1-4H3,(H,23,25). The molecular weight excluding hydrogens is 357 g/mol. The van der Waals surface area contributed by atoms with Gasteiger partial charge in [0.25, 0.3) is 5.91 Å². The number of hydrogen-bond acceptors (Lipinski definition) is 3. The average molecular weight is 383 g/mol. The molecule has 0 radical (unpaired) electrons. The summed E-state index contributed by atoms with van der Waals surface area (Å²) in [5, 5.41) is 3.09. The number of fused-ring (bicyclic) bond motifs is 1. The highest BCUT2D eigenvalue weighted by Gasteiger charge is 2.25. The van der Waals surface area contributed by atoms with Crippen molar-refractivity contribution in [3.05, 3.63) is 63.2 Å². The molecule has 2 aromatic carbocycles. The monoisotopic (exact) mass is 383 g/mol. The molecular formula is C22H26NO3P. The van der Waals surface area contributed by atoms with Gasteiger partial charge in [0.2, 0.25) is 0 Å². The Labute approximate surface area is 162 Å². The minimum Gasteiger partial charge on any atom is -0.466 e. The molecule has 3 rings (SSSR count). The molecule has 0 bridgehead atoms. The van der Waals surface area contributed by atoms with Gasteiger partial charge in [-0.05, 0) is 80.0 Å². The Morgan fingerprint density at radius 2 is 1.67 bits per heavy atom. The summed E-state index contributed by atoms with van der Waals surface area (Å²) >= 11 is 0. The van der Waals surface area contributed by atoms with Crippen LogP contribution in [0.1, 0.15) is 50.7 Å². The summed E-state index contributed by atoms with van der Waals surface area (Å²) in [7, 11) is 0.866. The summed E-state index contributed by atoms with van der Waals surface area (Å²) in [6.45, 7) is 8.26. The third-order valence-corrected chi connectivity index (χ3v) is 6.39. The first-order valence-corrected chi connectivity index (χ1v) is 10.7. The number of rotatable bonds is 5. The maximum Gasteiger partial charge on any atom is 0.310 e. The highest BCUT2D eigenvalue weighted by molar-refractivity contribution is 7.36. The van der Waals surface area contributed by atoms with E-state index >= 15 is 0 Å². The third-order valence-electron chi connectivity index (χ3n) is 5.18. The third kappa shape index (κ3) is 4.06. The van der Waals surface area contributed by atoms with Gasteiger partial charge < -0.3 is 10.1 Å². The van der Waals surface area contributed by atoms with Crippen molar-refractivity contribution in [2.24, 2.45) is 0 Å². The predicted octanol–water partition coefficient (Wildman–Crippen LogP) is 4.66. The van der Waals surface area contributed by atoms with Crippen LogP contribution >= 0.6 is 8.58 Å². The van der Waals surface area contributed by atoms with Crippen LogP contribution in [0.25, 0.3) is 0 Å². The molecule has 1 heterocycles. The fourth-order valence-corrected chi connectivity index (χ4v) is 5.21. The maximum atomic E-state index is 12.8. The number of carbonyl (C=O) groups is 2. The SMILES string of the molecule is CCOC(=O)Cc1c(C)c2c(c(C)c1NC(=O)c1ccc(C)cc1)CPC2. The Kier molecular flexibility index (Phi) is 5.96. The summed E-state index contributed by atoms with van der Waals surface area (Å²) in [6, 6.07) is 7.51. The zero-order chi connectivity index (χ0) is 19.6. The Morgan fingerprint density at radius 1 is 1.04 bits per heavy atom. The lowest BCUT2D eigenvalue weighted by Crippen LogP contribution is -2.18. The first-order chi connectivity index (χ1) is 12.9. The number of anilines is 1. The first kappa shape index (κ1) is 19.6. The van der Waals surface area contributed by atoms with E-state index in [0.29, 0.717) is 12.2 Å². The lowest BCUT2D eigenvalue weighted by Gasteiger charge is -2.21. The number of nitrogens with one attached hydrogen (secondary N) is 1. The molecule has 27 heavy (non-hydrogen) atoms. The van der Waals surface area contributed by atoms with E-state index in [0.717, 1.165) is 48.8 Å². The van der Waals surface area contributed by atoms with Gasteiger partial charge >= 0.3 is 5.97 Å². The molecule has 1 aliphatic rings. The largest absolute Gasteiger partial charge is 0.466 e.